The summed E-state index contributed by atoms with van der Waals surface area (Å²) in [6, 6.07) is 9.96. The van der Waals surface area contributed by atoms with E-state index in [0.717, 1.165) is 31.2 Å². The summed E-state index contributed by atoms with van der Waals surface area (Å²) in [5.74, 6) is 0. The Morgan fingerprint density at radius 3 is 2.19 bits per heavy atom. The lowest BCUT2D eigenvalue weighted by atomic mass is 9.96. The van der Waals surface area contributed by atoms with Gasteiger partial charge in [0.15, 0.2) is 12.6 Å². The van der Waals surface area contributed by atoms with Crippen molar-refractivity contribution in [2.45, 2.75) is 101 Å². The van der Waals surface area contributed by atoms with Crippen LogP contribution in [0.25, 0.3) is 0 Å². The van der Waals surface area contributed by atoms with E-state index >= 15 is 0 Å². The average Bonchev–Trinajstić information content (AvgIpc) is 3.72. The Morgan fingerprint density at radius 2 is 1.46 bits per heavy atom. The number of ether oxygens (including phenoxy) is 9. The summed E-state index contributed by atoms with van der Waals surface area (Å²) >= 11 is 0. The van der Waals surface area contributed by atoms with E-state index < -0.39 is 18.7 Å². The second-order valence-corrected chi connectivity index (χ2v) is 10.2. The SMILES string of the molecule is CCCCOC1C(OCCCC)[C@@H]2OC(c3ccccc3)OCC2O[C@H]1O[C@@H]1C(COC)OCC2OC21. The van der Waals surface area contributed by atoms with E-state index in [4.69, 9.17) is 42.6 Å². The fraction of sp³-hybridized carbons (Fsp3) is 0.786. The molecule has 1 aromatic rings. The fourth-order valence-corrected chi connectivity index (χ4v) is 5.26. The van der Waals surface area contributed by atoms with Crippen LogP contribution in [0, 0.1) is 0 Å². The molecule has 9 heteroatoms. The molecule has 0 bridgehead atoms. The quantitative estimate of drug-likeness (QED) is 0.286. The number of methoxy groups -OCH3 is 1. The Labute approximate surface area is 219 Å². The highest BCUT2D eigenvalue weighted by molar-refractivity contribution is 5.16. The Hall–Kier alpha value is -1.14. The van der Waals surface area contributed by atoms with Gasteiger partial charge in [-0.25, -0.2) is 0 Å². The molecule has 5 rings (SSSR count). The van der Waals surface area contributed by atoms with E-state index in [0.29, 0.717) is 33.0 Å². The van der Waals surface area contributed by atoms with E-state index in [9.17, 15) is 0 Å². The van der Waals surface area contributed by atoms with Crippen molar-refractivity contribution in [3.05, 3.63) is 35.9 Å². The van der Waals surface area contributed by atoms with Crippen LogP contribution in [0.2, 0.25) is 0 Å². The highest BCUT2D eigenvalue weighted by atomic mass is 16.8. The third kappa shape index (κ3) is 6.54. The van der Waals surface area contributed by atoms with E-state index in [1.54, 1.807) is 7.11 Å². The molecule has 0 radical (unpaired) electrons. The molecule has 37 heavy (non-hydrogen) atoms. The van der Waals surface area contributed by atoms with Gasteiger partial charge in [0.25, 0.3) is 0 Å². The number of hydrogen-bond donors (Lipinski definition) is 0. The molecule has 4 heterocycles. The predicted octanol–water partition coefficient (Wildman–Crippen LogP) is 3.39. The summed E-state index contributed by atoms with van der Waals surface area (Å²) in [5.41, 5.74) is 0.966. The normalized spacial score (nSPS) is 39.1. The lowest BCUT2D eigenvalue weighted by Crippen LogP contribution is -2.65. The molecule has 4 fully saturated rings. The molecule has 4 aliphatic rings. The van der Waals surface area contributed by atoms with Gasteiger partial charge in [0.05, 0.1) is 19.8 Å². The van der Waals surface area contributed by atoms with Crippen LogP contribution in [0.15, 0.2) is 30.3 Å². The monoisotopic (exact) mass is 522 g/mol. The largest absolute Gasteiger partial charge is 0.382 e. The minimum absolute atomic E-state index is 0.0349. The zero-order valence-corrected chi connectivity index (χ0v) is 22.2. The van der Waals surface area contributed by atoms with Crippen molar-refractivity contribution in [1.82, 2.24) is 0 Å². The Kier molecular flexibility index (Phi) is 9.84. The molecule has 0 saturated carbocycles. The molecule has 4 saturated heterocycles. The maximum absolute atomic E-state index is 6.62. The second-order valence-electron chi connectivity index (χ2n) is 10.2. The number of epoxide rings is 1. The van der Waals surface area contributed by atoms with E-state index in [-0.39, 0.29) is 42.7 Å². The maximum Gasteiger partial charge on any atom is 0.187 e. The van der Waals surface area contributed by atoms with Crippen molar-refractivity contribution in [1.29, 1.82) is 0 Å². The zero-order chi connectivity index (χ0) is 25.6. The molecule has 0 aliphatic carbocycles. The zero-order valence-electron chi connectivity index (χ0n) is 22.2. The van der Waals surface area contributed by atoms with Gasteiger partial charge >= 0.3 is 0 Å². The second kappa shape index (κ2) is 13.3. The summed E-state index contributed by atoms with van der Waals surface area (Å²) in [6.07, 6.45) is 0.668. The fourth-order valence-electron chi connectivity index (χ4n) is 5.26. The summed E-state index contributed by atoms with van der Waals surface area (Å²) in [5, 5.41) is 0. The third-order valence-corrected chi connectivity index (χ3v) is 7.38. The molecule has 0 spiro atoms. The molecule has 4 aliphatic heterocycles. The molecule has 0 aromatic heterocycles. The molecule has 7 unspecified atom stereocenters. The molecule has 1 aromatic carbocycles. The lowest BCUT2D eigenvalue weighted by molar-refractivity contribution is -0.379. The summed E-state index contributed by atoms with van der Waals surface area (Å²) in [7, 11) is 1.66. The van der Waals surface area contributed by atoms with Crippen molar-refractivity contribution in [2.24, 2.45) is 0 Å². The Bertz CT molecular complexity index is 810. The van der Waals surface area contributed by atoms with Gasteiger partial charge in [-0.1, -0.05) is 57.0 Å². The van der Waals surface area contributed by atoms with Crippen molar-refractivity contribution in [3.63, 3.8) is 0 Å². The molecular formula is C28H42O9. The minimum Gasteiger partial charge on any atom is -0.382 e. The minimum atomic E-state index is -0.680. The third-order valence-electron chi connectivity index (χ3n) is 7.38. The number of benzene rings is 1. The van der Waals surface area contributed by atoms with E-state index in [1.165, 1.54) is 0 Å². The molecule has 10 atom stereocenters. The van der Waals surface area contributed by atoms with Gasteiger partial charge in [-0.2, -0.15) is 0 Å². The van der Waals surface area contributed by atoms with Crippen molar-refractivity contribution in [2.75, 3.05) is 40.1 Å². The summed E-state index contributed by atoms with van der Waals surface area (Å²) < 4.78 is 55.9. The Balaban J connectivity index is 1.37. The first kappa shape index (κ1) is 27.4. The van der Waals surface area contributed by atoms with Gasteiger partial charge in [0.2, 0.25) is 0 Å². The van der Waals surface area contributed by atoms with Crippen LogP contribution in [-0.4, -0.2) is 95.3 Å². The molecule has 0 amide bonds. The van der Waals surface area contributed by atoms with Crippen LogP contribution in [0.1, 0.15) is 51.4 Å². The maximum atomic E-state index is 6.62. The van der Waals surface area contributed by atoms with E-state index in [2.05, 4.69) is 13.8 Å². The Morgan fingerprint density at radius 1 is 0.784 bits per heavy atom. The predicted molar refractivity (Wildman–Crippen MR) is 133 cm³/mol. The first-order chi connectivity index (χ1) is 18.2. The first-order valence-corrected chi connectivity index (χ1v) is 13.9. The molecule has 9 nitrogen and oxygen atoms in total. The highest BCUT2D eigenvalue weighted by Gasteiger charge is 2.57. The van der Waals surface area contributed by atoms with Crippen LogP contribution in [0.3, 0.4) is 0 Å². The van der Waals surface area contributed by atoms with Crippen LogP contribution >= 0.6 is 0 Å². The number of hydrogen-bond acceptors (Lipinski definition) is 9. The van der Waals surface area contributed by atoms with Crippen molar-refractivity contribution < 1.29 is 42.6 Å². The van der Waals surface area contributed by atoms with Gasteiger partial charge in [-0.05, 0) is 12.8 Å². The highest BCUT2D eigenvalue weighted by Crippen LogP contribution is 2.40. The average molecular weight is 523 g/mol. The first-order valence-electron chi connectivity index (χ1n) is 13.9. The molecular weight excluding hydrogens is 480 g/mol. The molecule has 0 N–H and O–H groups in total. The van der Waals surface area contributed by atoms with Crippen molar-refractivity contribution in [3.8, 4) is 0 Å². The summed E-state index contributed by atoms with van der Waals surface area (Å²) in [4.78, 5) is 0. The van der Waals surface area contributed by atoms with Crippen molar-refractivity contribution >= 4 is 0 Å². The standard InChI is InChI=1S/C28H42O9/c1-4-6-13-30-25-24-21(17-33-27(36-24)18-11-9-8-10-12-18)35-28(26(25)31-14-7-5-2)37-22-19(15-29-3)32-16-20-23(22)34-20/h8-12,19-28H,4-7,13-17H2,1-3H3/t19?,20?,21?,22-,23?,24-,25?,26?,27?,28+/m1/s1. The number of fused-ring (bicyclic) bond motifs is 2. The van der Waals surface area contributed by atoms with Crippen LogP contribution in [-0.2, 0) is 42.6 Å². The number of unbranched alkanes of at least 4 members (excludes halogenated alkanes) is 2. The topological polar surface area (TPSA) is 86.4 Å². The van der Waals surface area contributed by atoms with E-state index in [1.807, 2.05) is 30.3 Å². The molecule has 208 valence electrons. The van der Waals surface area contributed by atoms with Crippen LogP contribution in [0.4, 0.5) is 0 Å². The van der Waals surface area contributed by atoms with Gasteiger partial charge in [-0.15, -0.1) is 0 Å². The van der Waals surface area contributed by atoms with Crippen LogP contribution in [0.5, 0.6) is 0 Å². The van der Waals surface area contributed by atoms with Gasteiger partial charge in [-0.3, -0.25) is 0 Å². The van der Waals surface area contributed by atoms with Gasteiger partial charge < -0.3 is 42.6 Å². The number of rotatable bonds is 13. The van der Waals surface area contributed by atoms with Gasteiger partial charge in [0, 0.05) is 25.9 Å². The summed E-state index contributed by atoms with van der Waals surface area (Å²) in [6.45, 7) is 6.82. The lowest BCUT2D eigenvalue weighted by Gasteiger charge is -2.49. The van der Waals surface area contributed by atoms with Crippen LogP contribution < -0.4 is 0 Å². The smallest absolute Gasteiger partial charge is 0.187 e. The van der Waals surface area contributed by atoms with Gasteiger partial charge in [0.1, 0.15) is 48.8 Å².